The summed E-state index contributed by atoms with van der Waals surface area (Å²) < 4.78 is 10.4. The minimum Gasteiger partial charge on any atom is -0.462 e. The van der Waals surface area contributed by atoms with Gasteiger partial charge in [0.1, 0.15) is 5.00 Å². The number of benzene rings is 1. The Morgan fingerprint density at radius 2 is 1.76 bits per heavy atom. The molecule has 1 aromatic carbocycles. The van der Waals surface area contributed by atoms with E-state index in [0.29, 0.717) is 16.1 Å². The quantitative estimate of drug-likeness (QED) is 0.422. The average molecular weight is 472 g/mol. The second-order valence-corrected chi connectivity index (χ2v) is 9.15. The molecule has 1 aliphatic carbocycles. The standard InChI is InChI=1S/C25H29NO6S/c1-4-31-25(30)22-18-7-5-6-8-20(18)33-24(22)26-23(29)16(3)32-21(28)14-13-19(27)17-11-9-15(2)10-12-17/h9-12,16H,4-8,13-14H2,1-3H3,(H,26,29). The molecule has 1 atom stereocenters. The lowest BCUT2D eigenvalue weighted by atomic mass is 9.95. The van der Waals surface area contributed by atoms with Gasteiger partial charge in [-0.3, -0.25) is 14.4 Å². The number of ketones is 1. The summed E-state index contributed by atoms with van der Waals surface area (Å²) in [6, 6.07) is 7.12. The first-order valence-corrected chi connectivity index (χ1v) is 12.0. The van der Waals surface area contributed by atoms with E-state index in [4.69, 9.17) is 9.47 Å². The lowest BCUT2D eigenvalue weighted by molar-refractivity contribution is -0.153. The fourth-order valence-corrected chi connectivity index (χ4v) is 4.98. The van der Waals surface area contributed by atoms with Crippen molar-refractivity contribution in [3.63, 3.8) is 0 Å². The maximum absolute atomic E-state index is 12.7. The van der Waals surface area contributed by atoms with Crippen LogP contribution in [0.1, 0.15) is 76.3 Å². The Morgan fingerprint density at radius 3 is 2.45 bits per heavy atom. The smallest absolute Gasteiger partial charge is 0.341 e. The molecule has 176 valence electrons. The molecule has 0 saturated carbocycles. The van der Waals surface area contributed by atoms with Crippen LogP contribution in [0, 0.1) is 6.92 Å². The molecule has 0 saturated heterocycles. The number of esters is 2. The number of rotatable bonds is 9. The van der Waals surface area contributed by atoms with E-state index in [2.05, 4.69) is 5.32 Å². The molecule has 1 aromatic heterocycles. The molecule has 1 unspecified atom stereocenters. The van der Waals surface area contributed by atoms with Crippen LogP contribution >= 0.6 is 11.3 Å². The molecular weight excluding hydrogens is 442 g/mol. The zero-order valence-corrected chi connectivity index (χ0v) is 20.0. The van der Waals surface area contributed by atoms with Crippen LogP contribution in [0.3, 0.4) is 0 Å². The van der Waals surface area contributed by atoms with E-state index >= 15 is 0 Å². The summed E-state index contributed by atoms with van der Waals surface area (Å²) in [4.78, 5) is 50.7. The number of anilines is 1. The van der Waals surface area contributed by atoms with Crippen LogP contribution in [0.4, 0.5) is 5.00 Å². The van der Waals surface area contributed by atoms with Crippen LogP contribution in [0.25, 0.3) is 0 Å². The molecule has 1 heterocycles. The van der Waals surface area contributed by atoms with Gasteiger partial charge < -0.3 is 14.8 Å². The lowest BCUT2D eigenvalue weighted by Gasteiger charge is -2.14. The van der Waals surface area contributed by atoms with Crippen molar-refractivity contribution in [2.24, 2.45) is 0 Å². The first kappa shape index (κ1) is 24.6. The number of hydrogen-bond donors (Lipinski definition) is 1. The second kappa shape index (κ2) is 11.2. The third-order valence-corrected chi connectivity index (χ3v) is 6.70. The number of hydrogen-bond acceptors (Lipinski definition) is 7. The predicted octanol–water partition coefficient (Wildman–Crippen LogP) is 4.65. The number of nitrogens with one attached hydrogen (secondary N) is 1. The summed E-state index contributed by atoms with van der Waals surface area (Å²) in [5.74, 6) is -1.77. The topological polar surface area (TPSA) is 98.8 Å². The fourth-order valence-electron chi connectivity index (χ4n) is 3.70. The van der Waals surface area contributed by atoms with Crippen molar-refractivity contribution in [1.29, 1.82) is 0 Å². The Bertz CT molecular complexity index is 1040. The number of thiophene rings is 1. The van der Waals surface area contributed by atoms with Gasteiger partial charge in [-0.2, -0.15) is 0 Å². The Morgan fingerprint density at radius 1 is 1.06 bits per heavy atom. The highest BCUT2D eigenvalue weighted by Gasteiger charge is 2.28. The second-order valence-electron chi connectivity index (χ2n) is 8.05. The number of carbonyl (C=O) groups is 4. The molecule has 0 bridgehead atoms. The van der Waals surface area contributed by atoms with Crippen LogP contribution in [0.5, 0.6) is 0 Å². The Hall–Kier alpha value is -3.00. The van der Waals surface area contributed by atoms with Gasteiger partial charge in [0.25, 0.3) is 5.91 Å². The molecule has 33 heavy (non-hydrogen) atoms. The minimum absolute atomic E-state index is 0.000878. The molecule has 0 fully saturated rings. The monoisotopic (exact) mass is 471 g/mol. The zero-order chi connectivity index (χ0) is 24.0. The van der Waals surface area contributed by atoms with Crippen molar-refractivity contribution in [2.45, 2.75) is 65.4 Å². The highest BCUT2D eigenvalue weighted by molar-refractivity contribution is 7.17. The van der Waals surface area contributed by atoms with Gasteiger partial charge in [-0.1, -0.05) is 29.8 Å². The van der Waals surface area contributed by atoms with Crippen molar-refractivity contribution in [3.8, 4) is 0 Å². The van der Waals surface area contributed by atoms with E-state index < -0.39 is 23.9 Å². The molecule has 3 rings (SSSR count). The number of fused-ring (bicyclic) bond motifs is 1. The Kier molecular flexibility index (Phi) is 8.38. The van der Waals surface area contributed by atoms with E-state index in [1.54, 1.807) is 19.1 Å². The number of ether oxygens (including phenoxy) is 2. The van der Waals surface area contributed by atoms with Crippen molar-refractivity contribution in [3.05, 3.63) is 51.4 Å². The molecule has 7 nitrogen and oxygen atoms in total. The fraction of sp³-hybridized carbons (Fsp3) is 0.440. The van der Waals surface area contributed by atoms with E-state index in [-0.39, 0.29) is 25.2 Å². The third kappa shape index (κ3) is 6.28. The summed E-state index contributed by atoms with van der Waals surface area (Å²) in [5.41, 5.74) is 2.93. The van der Waals surface area contributed by atoms with Crippen LogP contribution in [-0.2, 0) is 31.9 Å². The highest BCUT2D eigenvalue weighted by Crippen LogP contribution is 2.38. The van der Waals surface area contributed by atoms with E-state index in [1.807, 2.05) is 19.1 Å². The highest BCUT2D eigenvalue weighted by atomic mass is 32.1. The molecule has 8 heteroatoms. The number of Topliss-reactive ketones (excluding diaryl/α,β-unsaturated/α-hetero) is 1. The van der Waals surface area contributed by atoms with Crippen molar-refractivity contribution in [1.82, 2.24) is 0 Å². The van der Waals surface area contributed by atoms with E-state index in [1.165, 1.54) is 18.3 Å². The molecule has 1 aliphatic rings. The summed E-state index contributed by atoms with van der Waals surface area (Å²) in [6.45, 7) is 5.37. The summed E-state index contributed by atoms with van der Waals surface area (Å²) in [7, 11) is 0. The number of amides is 1. The maximum Gasteiger partial charge on any atom is 0.341 e. The lowest BCUT2D eigenvalue weighted by Crippen LogP contribution is -2.30. The first-order chi connectivity index (χ1) is 15.8. The predicted molar refractivity (Wildman–Crippen MR) is 126 cm³/mol. The molecule has 0 spiro atoms. The third-order valence-electron chi connectivity index (χ3n) is 5.49. The van der Waals surface area contributed by atoms with Crippen LogP contribution in [0.15, 0.2) is 24.3 Å². The van der Waals surface area contributed by atoms with Crippen LogP contribution in [0.2, 0.25) is 0 Å². The van der Waals surface area contributed by atoms with Gasteiger partial charge in [-0.15, -0.1) is 11.3 Å². The Balaban J connectivity index is 1.58. The molecule has 2 aromatic rings. The summed E-state index contributed by atoms with van der Waals surface area (Å²) in [5, 5.41) is 3.18. The van der Waals surface area contributed by atoms with Gasteiger partial charge in [0.2, 0.25) is 0 Å². The van der Waals surface area contributed by atoms with Gasteiger partial charge in [0, 0.05) is 16.9 Å². The van der Waals surface area contributed by atoms with Crippen molar-refractivity contribution in [2.75, 3.05) is 11.9 Å². The minimum atomic E-state index is -1.07. The SMILES string of the molecule is CCOC(=O)c1c(NC(=O)C(C)OC(=O)CCC(=O)c2ccc(C)cc2)sc2c1CCCC2. The maximum atomic E-state index is 12.7. The molecule has 0 aliphatic heterocycles. The van der Waals surface area contributed by atoms with Gasteiger partial charge in [0.15, 0.2) is 11.9 Å². The van der Waals surface area contributed by atoms with Gasteiger partial charge in [0.05, 0.1) is 18.6 Å². The molecular formula is C25H29NO6S. The zero-order valence-electron chi connectivity index (χ0n) is 19.2. The normalized spacial score (nSPS) is 13.5. The molecule has 1 N–H and O–H groups in total. The van der Waals surface area contributed by atoms with Crippen molar-refractivity contribution >= 4 is 40.0 Å². The Labute approximate surface area is 197 Å². The van der Waals surface area contributed by atoms with E-state index in [0.717, 1.165) is 41.7 Å². The van der Waals surface area contributed by atoms with Crippen LogP contribution in [-0.4, -0.2) is 36.3 Å². The van der Waals surface area contributed by atoms with Gasteiger partial charge >= 0.3 is 11.9 Å². The summed E-state index contributed by atoms with van der Waals surface area (Å²) in [6.07, 6.45) is 2.47. The van der Waals surface area contributed by atoms with Crippen molar-refractivity contribution < 1.29 is 28.7 Å². The average Bonchev–Trinajstić information content (AvgIpc) is 3.15. The number of aryl methyl sites for hydroxylation is 2. The van der Waals surface area contributed by atoms with Gasteiger partial charge in [-0.25, -0.2) is 4.79 Å². The molecule has 1 amide bonds. The molecule has 0 radical (unpaired) electrons. The van der Waals surface area contributed by atoms with Gasteiger partial charge in [-0.05, 0) is 52.0 Å². The van der Waals surface area contributed by atoms with Crippen LogP contribution < -0.4 is 5.32 Å². The largest absolute Gasteiger partial charge is 0.462 e. The first-order valence-electron chi connectivity index (χ1n) is 11.2. The van der Waals surface area contributed by atoms with E-state index in [9.17, 15) is 19.2 Å². The number of carbonyl (C=O) groups excluding carboxylic acids is 4. The summed E-state index contributed by atoms with van der Waals surface area (Å²) >= 11 is 1.38.